The Hall–Kier alpha value is -2.89. The number of amides is 3. The van der Waals surface area contributed by atoms with E-state index in [2.05, 4.69) is 5.32 Å². The molecule has 5 nitrogen and oxygen atoms in total. The molecule has 27 heavy (non-hydrogen) atoms. The van der Waals surface area contributed by atoms with Gasteiger partial charge in [-0.3, -0.25) is 4.79 Å². The van der Waals surface area contributed by atoms with E-state index in [0.717, 1.165) is 17.7 Å². The molecule has 0 aliphatic carbocycles. The number of anilines is 1. The van der Waals surface area contributed by atoms with Gasteiger partial charge in [-0.2, -0.15) is 0 Å². The lowest BCUT2D eigenvalue weighted by molar-refractivity contribution is -0.117. The maximum atomic E-state index is 13.2. The predicted molar refractivity (Wildman–Crippen MR) is 101 cm³/mol. The van der Waals surface area contributed by atoms with Crippen molar-refractivity contribution in [2.45, 2.75) is 19.4 Å². The molecule has 0 aromatic heterocycles. The number of urea groups is 1. The molecule has 1 unspecified atom stereocenters. The standard InChI is InChI=1S/C21H22FN3O2/c22-17-6-4-5-16(11-17)13-23-20(27)24-10-9-21(14-24)12-19(26)25(15-21)18-7-2-1-3-8-18/h1-8,11H,9-10,12-15H2,(H,23,27). The minimum atomic E-state index is -0.313. The molecule has 2 aromatic rings. The molecule has 2 heterocycles. The van der Waals surface area contributed by atoms with Crippen molar-refractivity contribution in [3.8, 4) is 0 Å². The van der Waals surface area contributed by atoms with Gasteiger partial charge in [-0.15, -0.1) is 0 Å². The highest BCUT2D eigenvalue weighted by Gasteiger charge is 2.48. The molecule has 4 rings (SSSR count). The monoisotopic (exact) mass is 367 g/mol. The van der Waals surface area contributed by atoms with Crippen LogP contribution < -0.4 is 10.2 Å². The third-order valence-corrected chi connectivity index (χ3v) is 5.45. The van der Waals surface area contributed by atoms with Crippen molar-refractivity contribution in [2.75, 3.05) is 24.5 Å². The Kier molecular flexibility index (Phi) is 4.56. The molecule has 0 saturated carbocycles. The summed E-state index contributed by atoms with van der Waals surface area (Å²) in [6.07, 6.45) is 1.28. The van der Waals surface area contributed by atoms with Crippen molar-refractivity contribution in [1.82, 2.24) is 10.2 Å². The zero-order chi connectivity index (χ0) is 18.9. The van der Waals surface area contributed by atoms with E-state index in [1.165, 1.54) is 12.1 Å². The Balaban J connectivity index is 1.37. The van der Waals surface area contributed by atoms with Gasteiger partial charge in [0.1, 0.15) is 5.82 Å². The van der Waals surface area contributed by atoms with Gasteiger partial charge in [0.2, 0.25) is 5.91 Å². The van der Waals surface area contributed by atoms with Crippen LogP contribution >= 0.6 is 0 Å². The average molecular weight is 367 g/mol. The quantitative estimate of drug-likeness (QED) is 0.906. The number of rotatable bonds is 3. The third-order valence-electron chi connectivity index (χ3n) is 5.45. The summed E-state index contributed by atoms with van der Waals surface area (Å²) in [5.41, 5.74) is 1.46. The van der Waals surface area contributed by atoms with Gasteiger partial charge in [-0.1, -0.05) is 30.3 Å². The van der Waals surface area contributed by atoms with E-state index in [9.17, 15) is 14.0 Å². The number of carbonyl (C=O) groups excluding carboxylic acids is 2. The summed E-state index contributed by atoms with van der Waals surface area (Å²) in [4.78, 5) is 28.6. The normalized spacial score (nSPS) is 21.9. The zero-order valence-electron chi connectivity index (χ0n) is 15.0. The minimum absolute atomic E-state index is 0.114. The number of hydrogen-bond donors (Lipinski definition) is 1. The van der Waals surface area contributed by atoms with Gasteiger partial charge in [-0.25, -0.2) is 9.18 Å². The van der Waals surface area contributed by atoms with E-state index in [-0.39, 0.29) is 29.7 Å². The van der Waals surface area contributed by atoms with Crippen LogP contribution in [0.25, 0.3) is 0 Å². The van der Waals surface area contributed by atoms with Crippen molar-refractivity contribution >= 4 is 17.6 Å². The summed E-state index contributed by atoms with van der Waals surface area (Å²) < 4.78 is 13.2. The first-order valence-corrected chi connectivity index (χ1v) is 9.17. The van der Waals surface area contributed by atoms with Gasteiger partial charge in [0.05, 0.1) is 0 Å². The minimum Gasteiger partial charge on any atom is -0.334 e. The summed E-state index contributed by atoms with van der Waals surface area (Å²) in [5.74, 6) is -0.199. The largest absolute Gasteiger partial charge is 0.334 e. The highest BCUT2D eigenvalue weighted by atomic mass is 19.1. The van der Waals surface area contributed by atoms with Crippen LogP contribution in [0.2, 0.25) is 0 Å². The molecule has 2 aromatic carbocycles. The lowest BCUT2D eigenvalue weighted by Gasteiger charge is -2.24. The van der Waals surface area contributed by atoms with Crippen LogP contribution in [0.3, 0.4) is 0 Å². The van der Waals surface area contributed by atoms with E-state index >= 15 is 0 Å². The molecule has 2 saturated heterocycles. The lowest BCUT2D eigenvalue weighted by Crippen LogP contribution is -2.40. The first-order chi connectivity index (χ1) is 13.0. The van der Waals surface area contributed by atoms with Gasteiger partial charge in [0.25, 0.3) is 0 Å². The van der Waals surface area contributed by atoms with Crippen LogP contribution in [-0.2, 0) is 11.3 Å². The van der Waals surface area contributed by atoms with Crippen LogP contribution in [0.5, 0.6) is 0 Å². The van der Waals surface area contributed by atoms with Crippen molar-refractivity contribution < 1.29 is 14.0 Å². The van der Waals surface area contributed by atoms with E-state index in [4.69, 9.17) is 0 Å². The molecule has 2 fully saturated rings. The second-order valence-electron chi connectivity index (χ2n) is 7.45. The van der Waals surface area contributed by atoms with E-state index in [0.29, 0.717) is 26.1 Å². The number of carbonyl (C=O) groups is 2. The van der Waals surface area contributed by atoms with Crippen molar-refractivity contribution in [1.29, 1.82) is 0 Å². The Morgan fingerprint density at radius 3 is 2.70 bits per heavy atom. The Morgan fingerprint density at radius 2 is 1.93 bits per heavy atom. The van der Waals surface area contributed by atoms with Crippen molar-refractivity contribution in [3.63, 3.8) is 0 Å². The number of para-hydroxylation sites is 1. The maximum Gasteiger partial charge on any atom is 0.317 e. The molecular weight excluding hydrogens is 345 g/mol. The Bertz CT molecular complexity index is 858. The lowest BCUT2D eigenvalue weighted by atomic mass is 9.86. The van der Waals surface area contributed by atoms with Gasteiger partial charge in [-0.05, 0) is 36.2 Å². The van der Waals surface area contributed by atoms with Gasteiger partial charge in [0.15, 0.2) is 0 Å². The second-order valence-corrected chi connectivity index (χ2v) is 7.45. The average Bonchev–Trinajstić information content (AvgIpc) is 3.23. The first-order valence-electron chi connectivity index (χ1n) is 9.17. The molecular formula is C21H22FN3O2. The highest BCUT2D eigenvalue weighted by molar-refractivity contribution is 5.96. The zero-order valence-corrected chi connectivity index (χ0v) is 15.0. The summed E-state index contributed by atoms with van der Waals surface area (Å²) >= 11 is 0. The fourth-order valence-electron chi connectivity index (χ4n) is 4.06. The van der Waals surface area contributed by atoms with Gasteiger partial charge in [0, 0.05) is 43.7 Å². The summed E-state index contributed by atoms with van der Waals surface area (Å²) in [6.45, 7) is 2.13. The van der Waals surface area contributed by atoms with E-state index in [1.807, 2.05) is 35.2 Å². The van der Waals surface area contributed by atoms with Crippen molar-refractivity contribution in [2.24, 2.45) is 5.41 Å². The molecule has 140 valence electrons. The molecule has 1 atom stereocenters. The van der Waals surface area contributed by atoms with E-state index in [1.54, 1.807) is 17.0 Å². The molecule has 2 aliphatic rings. The fraction of sp³-hybridized carbons (Fsp3) is 0.333. The smallest absolute Gasteiger partial charge is 0.317 e. The number of nitrogens with one attached hydrogen (secondary N) is 1. The molecule has 6 heteroatoms. The van der Waals surface area contributed by atoms with Gasteiger partial charge < -0.3 is 15.1 Å². The Morgan fingerprint density at radius 1 is 1.11 bits per heavy atom. The third kappa shape index (κ3) is 3.65. The maximum absolute atomic E-state index is 13.2. The van der Waals surface area contributed by atoms with Crippen LogP contribution in [0.4, 0.5) is 14.9 Å². The van der Waals surface area contributed by atoms with E-state index < -0.39 is 0 Å². The predicted octanol–water partition coefficient (Wildman–Crippen LogP) is 3.16. The molecule has 0 radical (unpaired) electrons. The van der Waals surface area contributed by atoms with Crippen LogP contribution in [-0.4, -0.2) is 36.5 Å². The summed E-state index contributed by atoms with van der Waals surface area (Å²) in [7, 11) is 0. The van der Waals surface area contributed by atoms with Crippen LogP contribution in [0.15, 0.2) is 54.6 Å². The molecule has 1 N–H and O–H groups in total. The number of likely N-dealkylation sites (tertiary alicyclic amines) is 1. The number of halogens is 1. The van der Waals surface area contributed by atoms with Crippen molar-refractivity contribution in [3.05, 3.63) is 66.0 Å². The SMILES string of the molecule is O=C(NCc1cccc(F)c1)N1CCC2(CC(=O)N(c3ccccc3)C2)C1. The number of benzene rings is 2. The van der Waals surface area contributed by atoms with Crippen LogP contribution in [0.1, 0.15) is 18.4 Å². The number of nitrogens with zero attached hydrogens (tertiary/aromatic N) is 2. The summed E-state index contributed by atoms with van der Waals surface area (Å²) in [5, 5.41) is 2.85. The molecule has 1 spiro atoms. The topological polar surface area (TPSA) is 52.7 Å². The number of hydrogen-bond acceptors (Lipinski definition) is 2. The molecule has 0 bridgehead atoms. The Labute approximate surface area is 157 Å². The second kappa shape index (κ2) is 7.02. The highest BCUT2D eigenvalue weighted by Crippen LogP contribution is 2.41. The molecule has 2 aliphatic heterocycles. The molecule has 3 amide bonds. The van der Waals surface area contributed by atoms with Crippen LogP contribution in [0, 0.1) is 11.2 Å². The fourth-order valence-corrected chi connectivity index (χ4v) is 4.06. The summed E-state index contributed by atoms with van der Waals surface area (Å²) in [6, 6.07) is 15.7. The first kappa shape index (κ1) is 17.5. The van der Waals surface area contributed by atoms with Gasteiger partial charge >= 0.3 is 6.03 Å².